The first-order chi connectivity index (χ1) is 13.7. The topological polar surface area (TPSA) is 56.9 Å². The molecule has 1 atom stereocenters. The second-order valence-corrected chi connectivity index (χ2v) is 6.60. The number of hydrogen-bond acceptors (Lipinski definition) is 1. The van der Waals surface area contributed by atoms with E-state index in [1.165, 1.54) is 12.1 Å². The predicted molar refractivity (Wildman–Crippen MR) is 110 cm³/mol. The molecule has 140 valence electrons. The summed E-state index contributed by atoms with van der Waals surface area (Å²) in [6.07, 6.45) is 1.99. The van der Waals surface area contributed by atoms with Crippen LogP contribution < -0.4 is 10.6 Å². The van der Waals surface area contributed by atoms with Crippen LogP contribution in [0.3, 0.4) is 0 Å². The van der Waals surface area contributed by atoms with Crippen LogP contribution in [-0.4, -0.2) is 17.6 Å². The highest BCUT2D eigenvalue weighted by Gasteiger charge is 2.19. The smallest absolute Gasteiger partial charge is 0.319 e. The SMILES string of the molecule is O=C(NC[C@@H](c1ccccc1)c1c[nH]c2ccccc12)Nc1cccc(F)c1. The summed E-state index contributed by atoms with van der Waals surface area (Å²) >= 11 is 0. The van der Waals surface area contributed by atoms with Crippen LogP contribution in [0.25, 0.3) is 10.9 Å². The van der Waals surface area contributed by atoms with Gasteiger partial charge in [-0.05, 0) is 35.4 Å². The first-order valence-corrected chi connectivity index (χ1v) is 9.12. The molecule has 0 bridgehead atoms. The Morgan fingerprint density at radius 1 is 0.964 bits per heavy atom. The maximum atomic E-state index is 13.3. The lowest BCUT2D eigenvalue weighted by Gasteiger charge is -2.18. The minimum atomic E-state index is -0.390. The molecule has 0 spiro atoms. The fourth-order valence-corrected chi connectivity index (χ4v) is 3.41. The summed E-state index contributed by atoms with van der Waals surface area (Å²) < 4.78 is 13.3. The van der Waals surface area contributed by atoms with Crippen LogP contribution in [-0.2, 0) is 0 Å². The standard InChI is InChI=1S/C23H20FN3O/c24-17-9-6-10-18(13-17)27-23(28)26-14-20(16-7-2-1-3-8-16)21-15-25-22-12-5-4-11-19(21)22/h1-13,15,20,25H,14H2,(H2,26,27,28)/t20-/m0/s1. The number of hydrogen-bond donors (Lipinski definition) is 3. The van der Waals surface area contributed by atoms with Gasteiger partial charge < -0.3 is 15.6 Å². The Bertz CT molecular complexity index is 1090. The molecule has 3 aromatic carbocycles. The minimum absolute atomic E-state index is 0.0180. The van der Waals surface area contributed by atoms with Crippen LogP contribution in [0, 0.1) is 5.82 Å². The van der Waals surface area contributed by atoms with E-state index >= 15 is 0 Å². The molecule has 0 fully saturated rings. The van der Waals surface area contributed by atoms with Crippen LogP contribution >= 0.6 is 0 Å². The number of carbonyl (C=O) groups excluding carboxylic acids is 1. The van der Waals surface area contributed by atoms with Crippen molar-refractivity contribution in [2.75, 3.05) is 11.9 Å². The van der Waals surface area contributed by atoms with Crippen molar-refractivity contribution in [3.63, 3.8) is 0 Å². The molecule has 0 aliphatic heterocycles. The molecule has 5 heteroatoms. The van der Waals surface area contributed by atoms with Crippen molar-refractivity contribution in [2.24, 2.45) is 0 Å². The number of H-pyrrole nitrogens is 1. The molecule has 4 rings (SSSR count). The molecule has 0 unspecified atom stereocenters. The number of halogens is 1. The maximum absolute atomic E-state index is 13.3. The third kappa shape index (κ3) is 3.88. The van der Waals surface area contributed by atoms with Gasteiger partial charge in [0.15, 0.2) is 0 Å². The van der Waals surface area contributed by atoms with Gasteiger partial charge in [0.1, 0.15) is 5.82 Å². The van der Waals surface area contributed by atoms with Gasteiger partial charge in [-0.2, -0.15) is 0 Å². The van der Waals surface area contributed by atoms with Crippen molar-refractivity contribution in [2.45, 2.75) is 5.92 Å². The predicted octanol–water partition coefficient (Wildman–Crippen LogP) is 5.26. The van der Waals surface area contributed by atoms with Gasteiger partial charge >= 0.3 is 6.03 Å². The Balaban J connectivity index is 1.56. The average molecular weight is 373 g/mol. The number of fused-ring (bicyclic) bond motifs is 1. The molecule has 4 aromatic rings. The van der Waals surface area contributed by atoms with Gasteiger partial charge in [0, 0.05) is 35.2 Å². The number of aromatic nitrogens is 1. The van der Waals surface area contributed by atoms with Crippen LogP contribution in [0.1, 0.15) is 17.0 Å². The number of anilines is 1. The Morgan fingerprint density at radius 3 is 2.57 bits per heavy atom. The van der Waals surface area contributed by atoms with Gasteiger partial charge in [-0.15, -0.1) is 0 Å². The summed E-state index contributed by atoms with van der Waals surface area (Å²) in [6, 6.07) is 23.6. The molecule has 0 aliphatic carbocycles. The largest absolute Gasteiger partial charge is 0.361 e. The van der Waals surface area contributed by atoms with E-state index in [9.17, 15) is 9.18 Å². The third-order valence-electron chi connectivity index (χ3n) is 4.75. The van der Waals surface area contributed by atoms with E-state index in [4.69, 9.17) is 0 Å². The Hall–Kier alpha value is -3.60. The van der Waals surface area contributed by atoms with E-state index < -0.39 is 5.82 Å². The summed E-state index contributed by atoms with van der Waals surface area (Å²) in [7, 11) is 0. The quantitative estimate of drug-likeness (QED) is 0.439. The molecular formula is C23H20FN3O. The van der Waals surface area contributed by atoms with Gasteiger partial charge in [-0.1, -0.05) is 54.6 Å². The Labute approximate surface area is 162 Å². The first-order valence-electron chi connectivity index (χ1n) is 9.12. The van der Waals surface area contributed by atoms with Gasteiger partial charge in [-0.25, -0.2) is 9.18 Å². The van der Waals surface area contributed by atoms with Crippen LogP contribution in [0.5, 0.6) is 0 Å². The zero-order valence-corrected chi connectivity index (χ0v) is 15.2. The Morgan fingerprint density at radius 2 is 1.75 bits per heavy atom. The highest BCUT2D eigenvalue weighted by atomic mass is 19.1. The highest BCUT2D eigenvalue weighted by molar-refractivity contribution is 5.89. The van der Waals surface area contributed by atoms with Crippen LogP contribution in [0.4, 0.5) is 14.9 Å². The average Bonchev–Trinajstić information content (AvgIpc) is 3.13. The lowest BCUT2D eigenvalue weighted by molar-refractivity contribution is 0.252. The number of benzene rings is 3. The minimum Gasteiger partial charge on any atom is -0.361 e. The van der Waals surface area contributed by atoms with E-state index in [1.54, 1.807) is 12.1 Å². The van der Waals surface area contributed by atoms with E-state index in [0.29, 0.717) is 12.2 Å². The molecule has 28 heavy (non-hydrogen) atoms. The second-order valence-electron chi connectivity index (χ2n) is 6.60. The monoisotopic (exact) mass is 373 g/mol. The fraction of sp³-hybridized carbons (Fsp3) is 0.0870. The highest BCUT2D eigenvalue weighted by Crippen LogP contribution is 2.30. The van der Waals surface area contributed by atoms with E-state index in [2.05, 4.69) is 33.8 Å². The van der Waals surface area contributed by atoms with Crippen molar-refractivity contribution in [1.29, 1.82) is 0 Å². The van der Waals surface area contributed by atoms with Gasteiger partial charge in [-0.3, -0.25) is 0 Å². The second kappa shape index (κ2) is 7.96. The van der Waals surface area contributed by atoms with Crippen molar-refractivity contribution in [1.82, 2.24) is 10.3 Å². The normalized spacial score (nSPS) is 11.9. The van der Waals surface area contributed by atoms with Crippen LogP contribution in [0.2, 0.25) is 0 Å². The fourth-order valence-electron chi connectivity index (χ4n) is 3.41. The number of amides is 2. The molecular weight excluding hydrogens is 353 g/mol. The maximum Gasteiger partial charge on any atom is 0.319 e. The van der Waals surface area contributed by atoms with Crippen molar-refractivity contribution in [3.05, 3.63) is 102 Å². The zero-order chi connectivity index (χ0) is 19.3. The number of nitrogens with one attached hydrogen (secondary N) is 3. The summed E-state index contributed by atoms with van der Waals surface area (Å²) in [5, 5.41) is 6.72. The molecule has 0 saturated carbocycles. The number of para-hydroxylation sites is 1. The summed E-state index contributed by atoms with van der Waals surface area (Å²) in [4.78, 5) is 15.6. The van der Waals surface area contributed by atoms with Crippen molar-refractivity contribution >= 4 is 22.6 Å². The number of rotatable bonds is 5. The number of aromatic amines is 1. The van der Waals surface area contributed by atoms with Gasteiger partial charge in [0.05, 0.1) is 0 Å². The molecule has 2 amide bonds. The number of carbonyl (C=O) groups is 1. The molecule has 3 N–H and O–H groups in total. The van der Waals surface area contributed by atoms with Gasteiger partial charge in [0.25, 0.3) is 0 Å². The molecule has 4 nitrogen and oxygen atoms in total. The van der Waals surface area contributed by atoms with Crippen molar-refractivity contribution < 1.29 is 9.18 Å². The van der Waals surface area contributed by atoms with E-state index in [1.807, 2.05) is 42.6 Å². The summed E-state index contributed by atoms with van der Waals surface area (Å²) in [6.45, 7) is 0.410. The van der Waals surface area contributed by atoms with E-state index in [0.717, 1.165) is 22.0 Å². The van der Waals surface area contributed by atoms with Crippen molar-refractivity contribution in [3.8, 4) is 0 Å². The van der Waals surface area contributed by atoms with E-state index in [-0.39, 0.29) is 11.9 Å². The lowest BCUT2D eigenvalue weighted by atomic mass is 9.91. The molecule has 0 saturated heterocycles. The molecule has 1 heterocycles. The number of urea groups is 1. The third-order valence-corrected chi connectivity index (χ3v) is 4.75. The first kappa shape index (κ1) is 17.8. The molecule has 0 radical (unpaired) electrons. The summed E-state index contributed by atoms with van der Waals surface area (Å²) in [5.74, 6) is -0.408. The van der Waals surface area contributed by atoms with Gasteiger partial charge in [0.2, 0.25) is 0 Å². The zero-order valence-electron chi connectivity index (χ0n) is 15.2. The van der Waals surface area contributed by atoms with Crippen LogP contribution in [0.15, 0.2) is 85.1 Å². The lowest BCUT2D eigenvalue weighted by Crippen LogP contribution is -2.32. The Kier molecular flexibility index (Phi) is 5.06. The molecule has 0 aliphatic rings. The molecule has 1 aromatic heterocycles. The summed E-state index contributed by atoms with van der Waals surface area (Å²) in [5.41, 5.74) is 3.70.